The smallest absolute Gasteiger partial charge is 0.854 e. The monoisotopic (exact) mass is 743 g/mol. The maximum Gasteiger partial charge on any atom is 2.00 e. The van der Waals surface area contributed by atoms with Gasteiger partial charge in [-0.2, -0.15) is 0 Å². The zero-order valence-electron chi connectivity index (χ0n) is 4.29. The van der Waals surface area contributed by atoms with Gasteiger partial charge in [0.1, 0.15) is 0 Å². The molecule has 0 saturated heterocycles. The molecule has 0 aromatic carbocycles. The second kappa shape index (κ2) is 23.0. The molecule has 0 aromatic rings. The summed E-state index contributed by atoms with van der Waals surface area (Å²) in [6.07, 6.45) is 0. The van der Waals surface area contributed by atoms with Gasteiger partial charge in [0.2, 0.25) is 0 Å². The summed E-state index contributed by atoms with van der Waals surface area (Å²) in [5.74, 6) is 0. The van der Waals surface area contributed by atoms with Crippen molar-refractivity contribution in [3.05, 3.63) is 0 Å². The van der Waals surface area contributed by atoms with Crippen molar-refractivity contribution in [3.63, 3.8) is 0 Å². The maximum absolute atomic E-state index is 8.48. The van der Waals surface area contributed by atoms with Crippen molar-refractivity contribution in [1.29, 1.82) is 0 Å². The van der Waals surface area contributed by atoms with Crippen molar-refractivity contribution in [3.8, 4) is 0 Å². The summed E-state index contributed by atoms with van der Waals surface area (Å²) in [5.41, 5.74) is 0. The molecular weight excluding hydrogens is 743 g/mol. The minimum absolute atomic E-state index is 0. The van der Waals surface area contributed by atoms with Gasteiger partial charge in [-0.1, -0.05) is 0 Å². The van der Waals surface area contributed by atoms with E-state index in [1.165, 1.54) is 0 Å². The molecule has 11 heteroatoms. The van der Waals surface area contributed by atoms with Crippen LogP contribution in [0.3, 0.4) is 0 Å². The molecule has 11 heavy (non-hydrogen) atoms. The molecule has 0 atom stereocenters. The van der Waals surface area contributed by atoms with Crippen molar-refractivity contribution < 1.29 is 92.6 Å². The molecule has 0 aromatic heterocycles. The van der Waals surface area contributed by atoms with E-state index in [-0.39, 0.29) is 63.2 Å². The van der Waals surface area contributed by atoms with Crippen LogP contribution in [0.1, 0.15) is 0 Å². The third-order valence-electron chi connectivity index (χ3n) is 0. The molecule has 0 heterocycles. The van der Waals surface area contributed by atoms with Crippen molar-refractivity contribution >= 4 is 17.2 Å². The SMILES string of the molecule is [O-]P([O-])[O-].[O-]P([O-])[O-].[Pt+2].[Pt+2].[Pt+2]. The second-order valence-electron chi connectivity index (χ2n) is 0.447. The van der Waals surface area contributed by atoms with Crippen molar-refractivity contribution in [1.82, 2.24) is 0 Å². The number of hydrogen-bond donors (Lipinski definition) is 0. The Labute approximate surface area is 109 Å². The molecule has 0 aliphatic rings. The number of hydrogen-bond acceptors (Lipinski definition) is 6. The van der Waals surface area contributed by atoms with Crippen LogP contribution in [0.2, 0.25) is 0 Å². The second-order valence-corrected chi connectivity index (χ2v) is 1.34. The molecule has 0 radical (unpaired) electrons. The van der Waals surface area contributed by atoms with Crippen LogP contribution in [0.15, 0.2) is 0 Å². The summed E-state index contributed by atoms with van der Waals surface area (Å²) in [4.78, 5) is 50.9. The third-order valence-corrected chi connectivity index (χ3v) is 0. The van der Waals surface area contributed by atoms with Crippen LogP contribution in [-0.4, -0.2) is 0 Å². The summed E-state index contributed by atoms with van der Waals surface area (Å²) in [5, 5.41) is 0. The van der Waals surface area contributed by atoms with Gasteiger partial charge >= 0.3 is 63.2 Å². The Bertz CT molecular complexity index is 31.3. The molecule has 6 nitrogen and oxygen atoms in total. The molecule has 0 N–H and O–H groups in total. The summed E-state index contributed by atoms with van der Waals surface area (Å²) in [6, 6.07) is 0. The topological polar surface area (TPSA) is 138 Å². The normalized spacial score (nSPS) is 6.55. The Kier molecular flexibility index (Phi) is 60.9. The number of rotatable bonds is 0. The molecule has 76 valence electrons. The summed E-state index contributed by atoms with van der Waals surface area (Å²) >= 11 is 0. The Morgan fingerprint density at radius 2 is 0.455 bits per heavy atom. The zero-order valence-corrected chi connectivity index (χ0v) is 12.9. The Morgan fingerprint density at radius 1 is 0.455 bits per heavy atom. The standard InChI is InChI=1S/2O3P.3Pt/c2*1-4(2)3;;;/q2*-3;3*+2. The van der Waals surface area contributed by atoms with E-state index in [1.54, 1.807) is 0 Å². The van der Waals surface area contributed by atoms with Gasteiger partial charge in [0.05, 0.1) is 0 Å². The van der Waals surface area contributed by atoms with E-state index in [9.17, 15) is 0 Å². The van der Waals surface area contributed by atoms with Gasteiger partial charge in [0.25, 0.3) is 0 Å². The van der Waals surface area contributed by atoms with Gasteiger partial charge in [-0.15, -0.1) is 0 Å². The quantitative estimate of drug-likeness (QED) is 0.228. The van der Waals surface area contributed by atoms with Crippen LogP contribution in [0.4, 0.5) is 0 Å². The first kappa shape index (κ1) is 29.2. The maximum atomic E-state index is 8.48. The summed E-state index contributed by atoms with van der Waals surface area (Å²) < 4.78 is 0. The Hall–Kier alpha value is 2.68. The first-order valence-corrected chi connectivity index (χ1v) is 3.29. The zero-order chi connectivity index (χ0) is 7.15. The van der Waals surface area contributed by atoms with E-state index in [0.717, 1.165) is 0 Å². The van der Waals surface area contributed by atoms with Crippen molar-refractivity contribution in [2.45, 2.75) is 0 Å². The molecule has 0 rings (SSSR count). The average Bonchev–Trinajstić information content (AvgIpc) is 1.25. The minimum Gasteiger partial charge on any atom is -0.854 e. The molecule has 0 aliphatic heterocycles. The molecule has 0 spiro atoms. The van der Waals surface area contributed by atoms with E-state index < -0.39 is 17.2 Å². The average molecular weight is 743 g/mol. The molecule has 0 unspecified atom stereocenters. The molecule has 0 saturated carbocycles. The van der Waals surface area contributed by atoms with Crippen molar-refractivity contribution in [2.24, 2.45) is 0 Å². The molecule has 0 aliphatic carbocycles. The van der Waals surface area contributed by atoms with Crippen LogP contribution in [0, 0.1) is 0 Å². The predicted octanol–water partition coefficient (Wildman–Crippen LogP) is -5.42. The fourth-order valence-corrected chi connectivity index (χ4v) is 0. The van der Waals surface area contributed by atoms with Crippen LogP contribution in [0.25, 0.3) is 0 Å². The Morgan fingerprint density at radius 3 is 0.455 bits per heavy atom. The van der Waals surface area contributed by atoms with E-state index >= 15 is 0 Å². The van der Waals surface area contributed by atoms with E-state index in [0.29, 0.717) is 0 Å². The van der Waals surface area contributed by atoms with Gasteiger partial charge < -0.3 is 46.6 Å². The van der Waals surface area contributed by atoms with E-state index in [4.69, 9.17) is 29.4 Å². The van der Waals surface area contributed by atoms with Crippen molar-refractivity contribution in [2.75, 3.05) is 0 Å². The van der Waals surface area contributed by atoms with Gasteiger partial charge in [-0.25, -0.2) is 0 Å². The van der Waals surface area contributed by atoms with Gasteiger partial charge in [0.15, 0.2) is 0 Å². The Balaban J connectivity index is -0.0000000171. The van der Waals surface area contributed by atoms with Crippen LogP contribution < -0.4 is 29.4 Å². The summed E-state index contributed by atoms with van der Waals surface area (Å²) in [7, 11) is -6.74. The fraction of sp³-hybridized carbons (Fsp3) is 0. The molecule has 0 amide bonds. The molecule has 0 bridgehead atoms. The van der Waals surface area contributed by atoms with E-state index in [2.05, 4.69) is 0 Å². The van der Waals surface area contributed by atoms with Gasteiger partial charge in [0, 0.05) is 0 Å². The largest absolute Gasteiger partial charge is 2.00 e. The molecule has 0 fully saturated rings. The molecular formula is O6P2Pt3. The van der Waals surface area contributed by atoms with Crippen LogP contribution >= 0.6 is 17.2 Å². The van der Waals surface area contributed by atoms with Crippen LogP contribution in [-0.2, 0) is 63.2 Å². The van der Waals surface area contributed by atoms with Gasteiger partial charge in [-0.3, -0.25) is 0 Å². The predicted molar refractivity (Wildman–Crippen MR) is 13.8 cm³/mol. The van der Waals surface area contributed by atoms with Crippen LogP contribution in [0.5, 0.6) is 0 Å². The first-order valence-electron chi connectivity index (χ1n) is 1.10. The van der Waals surface area contributed by atoms with E-state index in [1.807, 2.05) is 0 Å². The third kappa shape index (κ3) is 201. The minimum atomic E-state index is -3.37. The fourth-order valence-electron chi connectivity index (χ4n) is 0. The summed E-state index contributed by atoms with van der Waals surface area (Å²) in [6.45, 7) is 0. The first-order chi connectivity index (χ1) is 3.46. The van der Waals surface area contributed by atoms with Gasteiger partial charge in [-0.05, 0) is 0 Å².